The summed E-state index contributed by atoms with van der Waals surface area (Å²) in [5.41, 5.74) is 1.14. The fraction of sp³-hybridized carbons (Fsp3) is 0.400. The average molecular weight is 307 g/mol. The Kier molecular flexibility index (Phi) is 3.81. The first-order valence-corrected chi connectivity index (χ1v) is 7.17. The number of nitrogens with zero attached hydrogens (tertiary/aromatic N) is 1. The van der Waals surface area contributed by atoms with Crippen LogP contribution in [0.2, 0.25) is 0 Å². The van der Waals surface area contributed by atoms with Gasteiger partial charge in [-0.15, -0.1) is 0 Å². The highest BCUT2D eigenvalue weighted by Gasteiger charge is 2.43. The second kappa shape index (κ2) is 5.47. The van der Waals surface area contributed by atoms with Gasteiger partial charge in [0.25, 0.3) is 0 Å². The summed E-state index contributed by atoms with van der Waals surface area (Å²) in [6.07, 6.45) is -2.12. The van der Waals surface area contributed by atoms with Gasteiger partial charge in [0.1, 0.15) is 23.0 Å². The van der Waals surface area contributed by atoms with E-state index in [0.29, 0.717) is 4.64 Å². The third-order valence-corrected chi connectivity index (χ3v) is 4.31. The zero-order chi connectivity index (χ0) is 15.1. The van der Waals surface area contributed by atoms with Gasteiger partial charge in [-0.25, -0.2) is 0 Å². The lowest BCUT2D eigenvalue weighted by Gasteiger charge is -2.19. The van der Waals surface area contributed by atoms with Gasteiger partial charge in [-0.1, -0.05) is 36.0 Å². The quantitative estimate of drug-likeness (QED) is 0.729. The van der Waals surface area contributed by atoms with Crippen LogP contribution in [0.5, 0.6) is 0 Å². The second-order valence-electron chi connectivity index (χ2n) is 5.35. The molecule has 4 atom stereocenters. The summed E-state index contributed by atoms with van der Waals surface area (Å²) in [5, 5.41) is 31.0. The van der Waals surface area contributed by atoms with E-state index >= 15 is 0 Å². The Morgan fingerprint density at radius 1 is 1.24 bits per heavy atom. The van der Waals surface area contributed by atoms with Crippen molar-refractivity contribution in [2.45, 2.75) is 31.5 Å². The van der Waals surface area contributed by atoms with Crippen molar-refractivity contribution in [1.82, 2.24) is 4.57 Å². The summed E-state index contributed by atoms with van der Waals surface area (Å²) in [7, 11) is 0. The van der Waals surface area contributed by atoms with Crippen LogP contribution in [0.15, 0.2) is 30.5 Å². The van der Waals surface area contributed by atoms with Crippen molar-refractivity contribution in [2.24, 2.45) is 0 Å². The first-order valence-electron chi connectivity index (χ1n) is 6.77. The highest BCUT2D eigenvalue weighted by Crippen LogP contribution is 2.31. The summed E-state index contributed by atoms with van der Waals surface area (Å²) < 4.78 is 7.67. The first kappa shape index (κ1) is 14.6. The summed E-state index contributed by atoms with van der Waals surface area (Å²) in [6, 6.07) is 7.84. The molecule has 1 fully saturated rings. The van der Waals surface area contributed by atoms with Gasteiger partial charge in [-0.05, 0) is 18.4 Å². The van der Waals surface area contributed by atoms with Crippen LogP contribution in [0, 0.1) is 11.6 Å². The predicted octanol–water partition coefficient (Wildman–Crippen LogP) is 1.29. The van der Waals surface area contributed by atoms with Crippen molar-refractivity contribution in [1.29, 1.82) is 0 Å². The average Bonchev–Trinajstić information content (AvgIpc) is 2.75. The lowest BCUT2D eigenvalue weighted by molar-refractivity contribution is -0.0533. The number of benzene rings is 1. The smallest absolute Gasteiger partial charge is 0.163 e. The molecule has 1 saturated heterocycles. The normalized spacial score (nSPS) is 29.1. The number of hydrogen-bond acceptors (Lipinski definition) is 5. The highest BCUT2D eigenvalue weighted by atomic mass is 32.1. The predicted molar refractivity (Wildman–Crippen MR) is 80.5 cm³/mol. The van der Waals surface area contributed by atoms with Crippen molar-refractivity contribution in [2.75, 3.05) is 6.61 Å². The molecule has 3 rings (SSSR count). The molecule has 1 aliphatic rings. The lowest BCUT2D eigenvalue weighted by Crippen LogP contribution is -2.33. The molecule has 0 aliphatic carbocycles. The molecule has 1 aliphatic heterocycles. The molecule has 0 amide bonds. The van der Waals surface area contributed by atoms with Crippen LogP contribution < -0.4 is 0 Å². The minimum absolute atomic E-state index is 0.352. The van der Waals surface area contributed by atoms with E-state index < -0.39 is 24.5 Å². The summed E-state index contributed by atoms with van der Waals surface area (Å²) in [4.78, 5) is 0. The van der Waals surface area contributed by atoms with Crippen LogP contribution in [0.4, 0.5) is 0 Å². The van der Waals surface area contributed by atoms with Crippen LogP contribution >= 0.6 is 12.2 Å². The highest BCUT2D eigenvalue weighted by molar-refractivity contribution is 7.71. The Balaban J connectivity index is 2.08. The van der Waals surface area contributed by atoms with Gasteiger partial charge in [0, 0.05) is 11.6 Å². The van der Waals surface area contributed by atoms with Crippen LogP contribution in [-0.2, 0) is 4.74 Å². The number of pyridine rings is 1. The molecular weight excluding hydrogens is 290 g/mol. The van der Waals surface area contributed by atoms with E-state index in [2.05, 4.69) is 0 Å². The second-order valence-corrected chi connectivity index (χ2v) is 5.73. The standard InChI is InChI=1S/C15H17NO4S/c1-8-2-3-10-9(6-8)4-5-16(15(10)21)14-13(19)12(18)11(7-17)20-14/h2-6,11-14,17-19H,7H2,1H3. The number of aliphatic hydroxyl groups is 3. The van der Waals surface area contributed by atoms with E-state index in [-0.39, 0.29) is 6.61 Å². The molecule has 1 aromatic heterocycles. The third kappa shape index (κ3) is 2.39. The van der Waals surface area contributed by atoms with Crippen molar-refractivity contribution in [3.63, 3.8) is 0 Å². The molecule has 1 aromatic carbocycles. The minimum atomic E-state index is -1.13. The van der Waals surface area contributed by atoms with E-state index in [1.54, 1.807) is 10.8 Å². The molecule has 0 spiro atoms. The van der Waals surface area contributed by atoms with E-state index in [1.165, 1.54) is 0 Å². The Morgan fingerprint density at radius 2 is 2.00 bits per heavy atom. The third-order valence-electron chi connectivity index (χ3n) is 3.88. The number of aryl methyl sites for hydroxylation is 1. The Bertz CT molecular complexity index is 729. The fourth-order valence-electron chi connectivity index (χ4n) is 2.69. The number of fused-ring (bicyclic) bond motifs is 1. The van der Waals surface area contributed by atoms with Gasteiger partial charge < -0.3 is 24.6 Å². The Morgan fingerprint density at radius 3 is 2.67 bits per heavy atom. The molecule has 5 nitrogen and oxygen atoms in total. The molecule has 6 heteroatoms. The molecule has 0 radical (unpaired) electrons. The zero-order valence-corrected chi connectivity index (χ0v) is 12.3. The van der Waals surface area contributed by atoms with Crippen molar-refractivity contribution in [3.8, 4) is 0 Å². The van der Waals surface area contributed by atoms with E-state index in [9.17, 15) is 10.2 Å². The van der Waals surface area contributed by atoms with Crippen LogP contribution in [0.1, 0.15) is 11.8 Å². The molecule has 21 heavy (non-hydrogen) atoms. The number of rotatable bonds is 2. The maximum Gasteiger partial charge on any atom is 0.163 e. The first-order chi connectivity index (χ1) is 10.0. The molecule has 112 valence electrons. The van der Waals surface area contributed by atoms with Crippen molar-refractivity contribution >= 4 is 23.0 Å². The Hall–Kier alpha value is -1.31. The number of aliphatic hydroxyl groups excluding tert-OH is 3. The molecular formula is C15H17NO4S. The molecule has 2 aromatic rings. The maximum absolute atomic E-state index is 10.1. The monoisotopic (exact) mass is 307 g/mol. The van der Waals surface area contributed by atoms with Gasteiger partial charge in [0.05, 0.1) is 6.61 Å². The van der Waals surface area contributed by atoms with Gasteiger partial charge in [0.15, 0.2) is 6.23 Å². The van der Waals surface area contributed by atoms with E-state index in [4.69, 9.17) is 22.1 Å². The molecule has 2 heterocycles. The van der Waals surface area contributed by atoms with Crippen LogP contribution in [0.3, 0.4) is 0 Å². The van der Waals surface area contributed by atoms with E-state index in [1.807, 2.05) is 31.2 Å². The SMILES string of the molecule is Cc1ccc2c(=S)n(C3OC(CO)C(O)C3O)ccc2c1. The van der Waals surface area contributed by atoms with E-state index in [0.717, 1.165) is 16.3 Å². The molecule has 0 saturated carbocycles. The minimum Gasteiger partial charge on any atom is -0.394 e. The summed E-state index contributed by atoms with van der Waals surface area (Å²) >= 11 is 5.47. The number of hydrogen-bond donors (Lipinski definition) is 3. The zero-order valence-electron chi connectivity index (χ0n) is 11.5. The number of ether oxygens (including phenoxy) is 1. The van der Waals surface area contributed by atoms with Crippen LogP contribution in [-0.4, -0.2) is 44.8 Å². The van der Waals surface area contributed by atoms with Gasteiger partial charge in [-0.3, -0.25) is 0 Å². The van der Waals surface area contributed by atoms with Crippen molar-refractivity contribution in [3.05, 3.63) is 40.7 Å². The van der Waals surface area contributed by atoms with Gasteiger partial charge in [-0.2, -0.15) is 0 Å². The summed E-state index contributed by atoms with van der Waals surface area (Å²) in [5.74, 6) is 0. The topological polar surface area (TPSA) is 74.9 Å². The molecule has 0 bridgehead atoms. The largest absolute Gasteiger partial charge is 0.394 e. The van der Waals surface area contributed by atoms with Gasteiger partial charge >= 0.3 is 0 Å². The number of aromatic nitrogens is 1. The maximum atomic E-state index is 10.1. The van der Waals surface area contributed by atoms with Crippen LogP contribution in [0.25, 0.3) is 10.8 Å². The summed E-state index contributed by atoms with van der Waals surface area (Å²) in [6.45, 7) is 1.66. The molecule has 4 unspecified atom stereocenters. The Labute approximate surface area is 127 Å². The molecule has 3 N–H and O–H groups in total. The fourth-order valence-corrected chi connectivity index (χ4v) is 3.04. The lowest BCUT2D eigenvalue weighted by atomic mass is 10.1. The van der Waals surface area contributed by atoms with Gasteiger partial charge in [0.2, 0.25) is 0 Å². The van der Waals surface area contributed by atoms with Crippen molar-refractivity contribution < 1.29 is 20.1 Å².